The molecule has 0 saturated heterocycles. The van der Waals surface area contributed by atoms with Crippen LogP contribution in [0.25, 0.3) is 0 Å². The van der Waals surface area contributed by atoms with Gasteiger partial charge in [0.1, 0.15) is 0 Å². The third-order valence-corrected chi connectivity index (χ3v) is 3.79. The summed E-state index contributed by atoms with van der Waals surface area (Å²) in [6.45, 7) is 4.11. The summed E-state index contributed by atoms with van der Waals surface area (Å²) in [6.07, 6.45) is 7.19. The molecule has 0 aromatic carbocycles. The van der Waals surface area contributed by atoms with Crippen molar-refractivity contribution in [2.45, 2.75) is 52.4 Å². The lowest BCUT2D eigenvalue weighted by atomic mass is 9.74. The molecule has 0 aliphatic heterocycles. The Morgan fingerprint density at radius 1 is 1.36 bits per heavy atom. The molecule has 0 spiro atoms. The summed E-state index contributed by atoms with van der Waals surface area (Å²) in [4.78, 5) is 11.0. The van der Waals surface area contributed by atoms with Gasteiger partial charge in [0, 0.05) is 0 Å². The summed E-state index contributed by atoms with van der Waals surface area (Å²) in [5, 5.41) is 9.07. The average Bonchev–Trinajstić information content (AvgIpc) is 2.19. The zero-order valence-electron chi connectivity index (χ0n) is 9.33. The predicted octanol–water partition coefficient (Wildman–Crippen LogP) is 3.31. The maximum Gasteiger partial charge on any atom is 0.306 e. The second-order valence-electron chi connectivity index (χ2n) is 4.61. The van der Waals surface area contributed by atoms with Gasteiger partial charge in [-0.2, -0.15) is 0 Å². The van der Waals surface area contributed by atoms with Gasteiger partial charge in [0.05, 0.1) is 5.92 Å². The number of rotatable bonds is 4. The fraction of sp³-hybridized carbons (Fsp3) is 0.917. The fourth-order valence-electron chi connectivity index (χ4n) is 2.76. The molecule has 1 N–H and O–H groups in total. The summed E-state index contributed by atoms with van der Waals surface area (Å²) in [7, 11) is 0. The Balaban J connectivity index is 2.51. The van der Waals surface area contributed by atoms with Gasteiger partial charge in [-0.1, -0.05) is 46.0 Å². The van der Waals surface area contributed by atoms with E-state index in [-0.39, 0.29) is 5.92 Å². The van der Waals surface area contributed by atoms with Crippen molar-refractivity contribution < 1.29 is 9.90 Å². The van der Waals surface area contributed by atoms with Gasteiger partial charge in [-0.15, -0.1) is 0 Å². The van der Waals surface area contributed by atoms with Gasteiger partial charge in [0.25, 0.3) is 0 Å². The van der Waals surface area contributed by atoms with E-state index in [1.807, 2.05) is 6.92 Å². The number of hydrogen-bond acceptors (Lipinski definition) is 1. The quantitative estimate of drug-likeness (QED) is 0.752. The molecule has 0 heterocycles. The highest BCUT2D eigenvalue weighted by atomic mass is 16.4. The molecule has 14 heavy (non-hydrogen) atoms. The Morgan fingerprint density at radius 2 is 1.93 bits per heavy atom. The highest BCUT2D eigenvalue weighted by Crippen LogP contribution is 2.34. The van der Waals surface area contributed by atoms with Crippen molar-refractivity contribution in [3.8, 4) is 0 Å². The summed E-state index contributed by atoms with van der Waals surface area (Å²) in [5.41, 5.74) is 0. The van der Waals surface area contributed by atoms with Crippen molar-refractivity contribution >= 4 is 5.97 Å². The van der Waals surface area contributed by atoms with Gasteiger partial charge in [-0.05, 0) is 18.3 Å². The number of carboxylic acid groups (broad SMARTS) is 1. The van der Waals surface area contributed by atoms with E-state index in [9.17, 15) is 4.79 Å². The van der Waals surface area contributed by atoms with Crippen LogP contribution in [0.4, 0.5) is 0 Å². The van der Waals surface area contributed by atoms with Crippen LogP contribution in [-0.2, 0) is 4.79 Å². The van der Waals surface area contributed by atoms with E-state index in [1.54, 1.807) is 0 Å². The minimum Gasteiger partial charge on any atom is -0.481 e. The van der Waals surface area contributed by atoms with Crippen LogP contribution >= 0.6 is 0 Å². The van der Waals surface area contributed by atoms with E-state index >= 15 is 0 Å². The van der Waals surface area contributed by atoms with E-state index in [1.165, 1.54) is 32.1 Å². The first-order chi connectivity index (χ1) is 6.66. The Kier molecular flexibility index (Phi) is 4.43. The highest BCUT2D eigenvalue weighted by Gasteiger charge is 2.30. The Hall–Kier alpha value is -0.530. The van der Waals surface area contributed by atoms with Crippen molar-refractivity contribution in [2.75, 3.05) is 0 Å². The summed E-state index contributed by atoms with van der Waals surface area (Å²) in [6, 6.07) is 0. The van der Waals surface area contributed by atoms with Crippen molar-refractivity contribution in [2.24, 2.45) is 17.8 Å². The van der Waals surface area contributed by atoms with Crippen LogP contribution in [-0.4, -0.2) is 11.1 Å². The largest absolute Gasteiger partial charge is 0.481 e. The van der Waals surface area contributed by atoms with Crippen LogP contribution in [0.5, 0.6) is 0 Å². The maximum atomic E-state index is 11.0. The van der Waals surface area contributed by atoms with E-state index in [0.717, 1.165) is 6.42 Å². The zero-order valence-corrected chi connectivity index (χ0v) is 9.33. The van der Waals surface area contributed by atoms with Crippen molar-refractivity contribution in [1.29, 1.82) is 0 Å². The van der Waals surface area contributed by atoms with E-state index in [2.05, 4.69) is 6.92 Å². The summed E-state index contributed by atoms with van der Waals surface area (Å²) >= 11 is 0. The molecule has 1 saturated carbocycles. The van der Waals surface area contributed by atoms with Gasteiger partial charge < -0.3 is 5.11 Å². The molecular weight excluding hydrogens is 176 g/mol. The second-order valence-corrected chi connectivity index (χ2v) is 4.61. The van der Waals surface area contributed by atoms with Gasteiger partial charge in [-0.25, -0.2) is 0 Å². The van der Waals surface area contributed by atoms with Gasteiger partial charge in [0.2, 0.25) is 0 Å². The molecule has 82 valence electrons. The number of carboxylic acids is 1. The van der Waals surface area contributed by atoms with Gasteiger partial charge in [-0.3, -0.25) is 4.79 Å². The normalized spacial score (nSPS) is 23.0. The standard InChI is InChI=1S/C12H22O2/c1-3-11(12(13)14)9(2)10-7-5-4-6-8-10/h9-11H,3-8H2,1-2H3,(H,13,14). The lowest BCUT2D eigenvalue weighted by Crippen LogP contribution is -2.28. The van der Waals surface area contributed by atoms with Crippen molar-refractivity contribution in [3.05, 3.63) is 0 Å². The summed E-state index contributed by atoms with van der Waals surface area (Å²) < 4.78 is 0. The average molecular weight is 198 g/mol. The van der Waals surface area contributed by atoms with Crippen LogP contribution in [0, 0.1) is 17.8 Å². The van der Waals surface area contributed by atoms with Crippen molar-refractivity contribution in [3.63, 3.8) is 0 Å². The van der Waals surface area contributed by atoms with Crippen LogP contribution in [0.3, 0.4) is 0 Å². The molecule has 1 aliphatic carbocycles. The topological polar surface area (TPSA) is 37.3 Å². The minimum absolute atomic E-state index is 0.127. The van der Waals surface area contributed by atoms with E-state index in [0.29, 0.717) is 11.8 Å². The zero-order chi connectivity index (χ0) is 10.6. The van der Waals surface area contributed by atoms with Crippen LogP contribution in [0.15, 0.2) is 0 Å². The molecule has 1 aliphatic rings. The first-order valence-corrected chi connectivity index (χ1v) is 5.89. The first-order valence-electron chi connectivity index (χ1n) is 5.89. The molecule has 2 atom stereocenters. The molecule has 2 unspecified atom stereocenters. The number of aliphatic carboxylic acids is 1. The lowest BCUT2D eigenvalue weighted by Gasteiger charge is -2.31. The SMILES string of the molecule is CCC(C(=O)O)C(C)C1CCCCC1. The van der Waals surface area contributed by atoms with Crippen molar-refractivity contribution in [1.82, 2.24) is 0 Å². The monoisotopic (exact) mass is 198 g/mol. The van der Waals surface area contributed by atoms with Gasteiger partial charge in [0.15, 0.2) is 0 Å². The Labute approximate surface area is 86.7 Å². The smallest absolute Gasteiger partial charge is 0.306 e. The maximum absolute atomic E-state index is 11.0. The van der Waals surface area contributed by atoms with Crippen LogP contribution in [0.1, 0.15) is 52.4 Å². The van der Waals surface area contributed by atoms with Crippen LogP contribution in [0.2, 0.25) is 0 Å². The number of carbonyl (C=O) groups is 1. The Morgan fingerprint density at radius 3 is 2.36 bits per heavy atom. The second kappa shape index (κ2) is 5.38. The molecule has 0 aromatic rings. The minimum atomic E-state index is -0.606. The van der Waals surface area contributed by atoms with E-state index in [4.69, 9.17) is 5.11 Å². The molecule has 2 heteroatoms. The first kappa shape index (κ1) is 11.5. The molecule has 1 fully saturated rings. The number of hydrogen-bond donors (Lipinski definition) is 1. The highest BCUT2D eigenvalue weighted by molar-refractivity contribution is 5.70. The van der Waals surface area contributed by atoms with Crippen LogP contribution < -0.4 is 0 Å². The molecular formula is C12H22O2. The predicted molar refractivity (Wildman–Crippen MR) is 57.2 cm³/mol. The fourth-order valence-corrected chi connectivity index (χ4v) is 2.76. The molecule has 2 nitrogen and oxygen atoms in total. The summed E-state index contributed by atoms with van der Waals surface area (Å²) in [5.74, 6) is 0.284. The van der Waals surface area contributed by atoms with Gasteiger partial charge >= 0.3 is 5.97 Å². The molecule has 0 bridgehead atoms. The molecule has 0 amide bonds. The van der Waals surface area contributed by atoms with E-state index < -0.39 is 5.97 Å². The Bertz CT molecular complexity index is 183. The molecule has 0 radical (unpaired) electrons. The third-order valence-electron chi connectivity index (χ3n) is 3.79. The molecule has 0 aromatic heterocycles. The molecule has 1 rings (SSSR count). The third kappa shape index (κ3) is 2.73. The lowest BCUT2D eigenvalue weighted by molar-refractivity contribution is -0.144.